The van der Waals surface area contributed by atoms with Crippen LogP contribution < -0.4 is 15.4 Å². The van der Waals surface area contributed by atoms with Gasteiger partial charge in [-0.3, -0.25) is 9.59 Å². The molecule has 7 heteroatoms. The number of amides is 2. The summed E-state index contributed by atoms with van der Waals surface area (Å²) >= 11 is 0. The van der Waals surface area contributed by atoms with E-state index < -0.39 is 11.8 Å². The maximum absolute atomic E-state index is 12.2. The van der Waals surface area contributed by atoms with Gasteiger partial charge in [-0.2, -0.15) is 0 Å². The molecule has 138 valence electrons. The summed E-state index contributed by atoms with van der Waals surface area (Å²) in [7, 11) is 0. The quantitative estimate of drug-likeness (QED) is 0.620. The number of aromatic amines is 1. The lowest BCUT2D eigenvalue weighted by Gasteiger charge is -2.35. The monoisotopic (exact) mass is 364 g/mol. The molecule has 0 bridgehead atoms. The van der Waals surface area contributed by atoms with Crippen LogP contribution in [0.4, 0.5) is 5.69 Å². The second-order valence-corrected chi connectivity index (χ2v) is 6.76. The number of benzene rings is 1. The molecule has 2 aromatic heterocycles. The van der Waals surface area contributed by atoms with Gasteiger partial charge in [0.2, 0.25) is 5.88 Å². The highest BCUT2D eigenvalue weighted by Crippen LogP contribution is 2.25. The molecular formula is C20H20N4O3. The van der Waals surface area contributed by atoms with Crippen molar-refractivity contribution in [2.75, 3.05) is 5.32 Å². The molecule has 4 rings (SSSR count). The number of pyridine rings is 1. The third-order valence-corrected chi connectivity index (χ3v) is 4.65. The lowest BCUT2D eigenvalue weighted by Crippen LogP contribution is -2.51. The van der Waals surface area contributed by atoms with E-state index in [1.54, 1.807) is 12.4 Å². The number of carbonyl (C=O) groups is 2. The van der Waals surface area contributed by atoms with Crippen LogP contribution in [0.1, 0.15) is 18.4 Å². The van der Waals surface area contributed by atoms with Crippen molar-refractivity contribution in [1.29, 1.82) is 0 Å². The van der Waals surface area contributed by atoms with E-state index in [9.17, 15) is 9.59 Å². The molecule has 2 heterocycles. The molecule has 0 atom stereocenters. The molecule has 0 spiro atoms. The van der Waals surface area contributed by atoms with Crippen molar-refractivity contribution < 1.29 is 14.3 Å². The largest absolute Gasteiger partial charge is 0.474 e. The number of hydrogen-bond donors (Lipinski definition) is 3. The standard InChI is InChI=1S/C20H20N4O3/c1-12-6-7-18(22-10-12)27-14-8-13(9-14)23-19(25)20(26)24-17-11-21-16-5-3-2-4-15(16)17/h2-7,10-11,13-14,21H,8-9H2,1H3,(H,23,25)(H,24,26). The average molecular weight is 364 g/mol. The summed E-state index contributed by atoms with van der Waals surface area (Å²) in [6.07, 6.45) is 4.74. The predicted molar refractivity (Wildman–Crippen MR) is 101 cm³/mol. The Morgan fingerprint density at radius 1 is 1.15 bits per heavy atom. The average Bonchev–Trinajstić information content (AvgIpc) is 3.04. The molecule has 1 fully saturated rings. The summed E-state index contributed by atoms with van der Waals surface area (Å²) < 4.78 is 5.74. The fraction of sp³-hybridized carbons (Fsp3) is 0.250. The minimum atomic E-state index is -0.677. The Labute approximate surface area is 156 Å². The van der Waals surface area contributed by atoms with Crippen molar-refractivity contribution >= 4 is 28.4 Å². The number of fused-ring (bicyclic) bond motifs is 1. The molecule has 0 radical (unpaired) electrons. The molecule has 1 aliphatic carbocycles. The number of aromatic nitrogens is 2. The van der Waals surface area contributed by atoms with Crippen LogP contribution in [0.25, 0.3) is 10.9 Å². The Morgan fingerprint density at radius 2 is 1.96 bits per heavy atom. The summed E-state index contributed by atoms with van der Waals surface area (Å²) in [5, 5.41) is 6.25. The van der Waals surface area contributed by atoms with Crippen LogP contribution in [-0.4, -0.2) is 33.9 Å². The predicted octanol–water partition coefficient (Wildman–Crippen LogP) is 2.54. The van der Waals surface area contributed by atoms with Gasteiger partial charge in [0.1, 0.15) is 6.10 Å². The molecule has 0 unspecified atom stereocenters. The van der Waals surface area contributed by atoms with Gasteiger partial charge in [-0.05, 0) is 18.6 Å². The second kappa shape index (κ2) is 7.11. The van der Waals surface area contributed by atoms with Gasteiger partial charge in [-0.15, -0.1) is 0 Å². The third-order valence-electron chi connectivity index (χ3n) is 4.65. The van der Waals surface area contributed by atoms with E-state index in [1.165, 1.54) is 0 Å². The number of H-pyrrole nitrogens is 1. The highest BCUT2D eigenvalue weighted by Gasteiger charge is 2.33. The van der Waals surface area contributed by atoms with Crippen LogP contribution in [-0.2, 0) is 9.59 Å². The molecule has 1 aliphatic rings. The van der Waals surface area contributed by atoms with Gasteiger partial charge in [0.15, 0.2) is 0 Å². The number of carbonyl (C=O) groups excluding carboxylic acids is 2. The van der Waals surface area contributed by atoms with Crippen LogP contribution in [0.5, 0.6) is 5.88 Å². The number of nitrogens with one attached hydrogen (secondary N) is 3. The van der Waals surface area contributed by atoms with Crippen molar-refractivity contribution in [3.63, 3.8) is 0 Å². The van der Waals surface area contributed by atoms with Gasteiger partial charge in [0.05, 0.1) is 5.69 Å². The van der Waals surface area contributed by atoms with Crippen molar-refractivity contribution in [3.05, 3.63) is 54.4 Å². The normalized spacial score (nSPS) is 18.6. The van der Waals surface area contributed by atoms with Crippen LogP contribution >= 0.6 is 0 Å². The van der Waals surface area contributed by atoms with Crippen molar-refractivity contribution in [2.24, 2.45) is 0 Å². The summed E-state index contributed by atoms with van der Waals surface area (Å²) in [6, 6.07) is 11.3. The van der Waals surface area contributed by atoms with Gasteiger partial charge >= 0.3 is 11.8 Å². The Kier molecular flexibility index (Phi) is 4.50. The molecule has 1 saturated carbocycles. The lowest BCUT2D eigenvalue weighted by atomic mass is 9.89. The summed E-state index contributed by atoms with van der Waals surface area (Å²) in [5.41, 5.74) is 2.56. The van der Waals surface area contributed by atoms with Crippen LogP contribution in [0, 0.1) is 6.92 Å². The second-order valence-electron chi connectivity index (χ2n) is 6.76. The minimum Gasteiger partial charge on any atom is -0.474 e. The fourth-order valence-electron chi connectivity index (χ4n) is 3.08. The summed E-state index contributed by atoms with van der Waals surface area (Å²) in [4.78, 5) is 31.5. The molecule has 7 nitrogen and oxygen atoms in total. The molecule has 27 heavy (non-hydrogen) atoms. The van der Waals surface area contributed by atoms with Crippen LogP contribution in [0.15, 0.2) is 48.8 Å². The van der Waals surface area contributed by atoms with Crippen LogP contribution in [0.2, 0.25) is 0 Å². The Morgan fingerprint density at radius 3 is 2.74 bits per heavy atom. The zero-order valence-electron chi connectivity index (χ0n) is 14.9. The van der Waals surface area contributed by atoms with E-state index in [2.05, 4.69) is 20.6 Å². The SMILES string of the molecule is Cc1ccc(OC2CC(NC(=O)C(=O)Nc3c[nH]c4ccccc34)C2)nc1. The number of para-hydroxylation sites is 1. The topological polar surface area (TPSA) is 96.1 Å². The van der Waals surface area contributed by atoms with E-state index in [-0.39, 0.29) is 12.1 Å². The van der Waals surface area contributed by atoms with Gasteiger partial charge in [0, 0.05) is 48.2 Å². The number of hydrogen-bond acceptors (Lipinski definition) is 4. The van der Waals surface area contributed by atoms with E-state index in [4.69, 9.17) is 4.74 Å². The van der Waals surface area contributed by atoms with Gasteiger partial charge in [-0.1, -0.05) is 24.3 Å². The van der Waals surface area contributed by atoms with E-state index in [0.29, 0.717) is 24.4 Å². The summed E-state index contributed by atoms with van der Waals surface area (Å²) in [5.74, 6) is -0.742. The first kappa shape index (κ1) is 17.1. The molecule has 0 aliphatic heterocycles. The first-order valence-corrected chi connectivity index (χ1v) is 8.86. The smallest absolute Gasteiger partial charge is 0.313 e. The van der Waals surface area contributed by atoms with Gasteiger partial charge < -0.3 is 20.4 Å². The highest BCUT2D eigenvalue weighted by atomic mass is 16.5. The van der Waals surface area contributed by atoms with Gasteiger partial charge in [-0.25, -0.2) is 4.98 Å². The van der Waals surface area contributed by atoms with Crippen molar-refractivity contribution in [1.82, 2.24) is 15.3 Å². The van der Waals surface area contributed by atoms with E-state index in [0.717, 1.165) is 16.5 Å². The molecule has 2 amide bonds. The maximum atomic E-state index is 12.2. The van der Waals surface area contributed by atoms with Crippen LogP contribution in [0.3, 0.4) is 0 Å². The Hall–Kier alpha value is -3.35. The van der Waals surface area contributed by atoms with Gasteiger partial charge in [0.25, 0.3) is 0 Å². The minimum absolute atomic E-state index is 0.00202. The molecule has 3 aromatic rings. The number of nitrogens with zero attached hydrogens (tertiary/aromatic N) is 1. The fourth-order valence-corrected chi connectivity index (χ4v) is 3.08. The molecule has 0 saturated heterocycles. The number of ether oxygens (including phenoxy) is 1. The number of anilines is 1. The van der Waals surface area contributed by atoms with E-state index in [1.807, 2.05) is 43.3 Å². The Bertz CT molecular complexity index is 974. The lowest BCUT2D eigenvalue weighted by molar-refractivity contribution is -0.137. The highest BCUT2D eigenvalue weighted by molar-refractivity contribution is 6.40. The molecule has 1 aromatic carbocycles. The zero-order chi connectivity index (χ0) is 18.8. The third kappa shape index (κ3) is 3.76. The van der Waals surface area contributed by atoms with E-state index >= 15 is 0 Å². The molecule has 3 N–H and O–H groups in total. The zero-order valence-corrected chi connectivity index (χ0v) is 14.9. The maximum Gasteiger partial charge on any atom is 0.313 e. The first-order valence-electron chi connectivity index (χ1n) is 8.86. The first-order chi connectivity index (χ1) is 13.1. The number of aryl methyl sites for hydroxylation is 1. The van der Waals surface area contributed by atoms with Crippen molar-refractivity contribution in [2.45, 2.75) is 31.9 Å². The molecular weight excluding hydrogens is 344 g/mol. The Balaban J connectivity index is 1.26. The van der Waals surface area contributed by atoms with Crippen molar-refractivity contribution in [3.8, 4) is 5.88 Å². The summed E-state index contributed by atoms with van der Waals surface area (Å²) in [6.45, 7) is 1.97. The number of rotatable bonds is 4.